The van der Waals surface area contributed by atoms with Crippen LogP contribution in [0.25, 0.3) is 0 Å². The maximum absolute atomic E-state index is 11.7. The van der Waals surface area contributed by atoms with Crippen LogP contribution in [0.3, 0.4) is 0 Å². The standard InChI is InChI=1S/C31H33O3P/c1-21-13-10-18-25(33-6)29(21)35(27-20-12-17-24(28(27)32)31(3,4)5)30-22(2)14-11-19-26(30)34-23-15-8-7-9-16-23/h7-20,32H,1-6H3. The van der Waals surface area contributed by atoms with Crippen molar-refractivity contribution < 1.29 is 14.6 Å². The highest BCUT2D eigenvalue weighted by molar-refractivity contribution is 7.80. The van der Waals surface area contributed by atoms with Crippen molar-refractivity contribution in [1.82, 2.24) is 0 Å². The van der Waals surface area contributed by atoms with Gasteiger partial charge in [-0.1, -0.05) is 81.4 Å². The highest BCUT2D eigenvalue weighted by Gasteiger charge is 2.31. The van der Waals surface area contributed by atoms with Crippen molar-refractivity contribution in [3.63, 3.8) is 0 Å². The highest BCUT2D eigenvalue weighted by atomic mass is 31.1. The lowest BCUT2D eigenvalue weighted by Crippen LogP contribution is -2.27. The fraction of sp³-hybridized carbons (Fsp3) is 0.226. The maximum Gasteiger partial charge on any atom is 0.136 e. The van der Waals surface area contributed by atoms with E-state index in [4.69, 9.17) is 9.47 Å². The van der Waals surface area contributed by atoms with E-state index in [1.165, 1.54) is 0 Å². The molecule has 0 aliphatic rings. The van der Waals surface area contributed by atoms with E-state index >= 15 is 0 Å². The number of hydrogen-bond donors (Lipinski definition) is 1. The van der Waals surface area contributed by atoms with Crippen LogP contribution in [0.15, 0.2) is 84.9 Å². The van der Waals surface area contributed by atoms with Crippen molar-refractivity contribution in [2.45, 2.75) is 40.0 Å². The number of methoxy groups -OCH3 is 1. The highest BCUT2D eigenvalue weighted by Crippen LogP contribution is 2.46. The number of rotatable bonds is 6. The monoisotopic (exact) mass is 484 g/mol. The number of phenols is 1. The smallest absolute Gasteiger partial charge is 0.136 e. The number of benzene rings is 4. The van der Waals surface area contributed by atoms with E-state index in [1.54, 1.807) is 7.11 Å². The lowest BCUT2D eigenvalue weighted by Gasteiger charge is -2.29. The number of aromatic hydroxyl groups is 1. The molecule has 1 atom stereocenters. The summed E-state index contributed by atoms with van der Waals surface area (Å²) in [6, 6.07) is 28.2. The summed E-state index contributed by atoms with van der Waals surface area (Å²) in [5.41, 5.74) is 2.95. The lowest BCUT2D eigenvalue weighted by atomic mass is 9.86. The minimum Gasteiger partial charge on any atom is -0.507 e. The molecule has 4 rings (SSSR count). The second kappa shape index (κ2) is 10.1. The molecule has 0 spiro atoms. The summed E-state index contributed by atoms with van der Waals surface area (Å²) in [7, 11) is 0.489. The van der Waals surface area contributed by atoms with Gasteiger partial charge in [0.2, 0.25) is 0 Å². The number of para-hydroxylation sites is 2. The minimum atomic E-state index is -1.22. The van der Waals surface area contributed by atoms with Crippen LogP contribution in [0.1, 0.15) is 37.5 Å². The van der Waals surface area contributed by atoms with Gasteiger partial charge >= 0.3 is 0 Å². The molecule has 0 saturated heterocycles. The zero-order chi connectivity index (χ0) is 25.2. The molecule has 0 amide bonds. The van der Waals surface area contributed by atoms with E-state index in [0.29, 0.717) is 5.75 Å². The van der Waals surface area contributed by atoms with E-state index in [1.807, 2.05) is 72.8 Å². The third-order valence-electron chi connectivity index (χ3n) is 6.10. The second-order valence-electron chi connectivity index (χ2n) is 9.72. The molecule has 0 fully saturated rings. The molecule has 0 aliphatic carbocycles. The Bertz CT molecular complexity index is 1320. The Morgan fingerprint density at radius 3 is 1.86 bits per heavy atom. The molecule has 180 valence electrons. The molecule has 0 radical (unpaired) electrons. The molecule has 4 aromatic rings. The molecule has 0 aromatic heterocycles. The molecular formula is C31H33O3P. The van der Waals surface area contributed by atoms with E-state index in [9.17, 15) is 5.11 Å². The van der Waals surface area contributed by atoms with Gasteiger partial charge in [0.05, 0.1) is 7.11 Å². The first-order valence-electron chi connectivity index (χ1n) is 11.8. The third kappa shape index (κ3) is 5.06. The van der Waals surface area contributed by atoms with Crippen molar-refractivity contribution in [3.05, 3.63) is 102 Å². The molecule has 0 aliphatic heterocycles. The van der Waals surface area contributed by atoms with Crippen molar-refractivity contribution in [2.75, 3.05) is 7.11 Å². The fourth-order valence-electron chi connectivity index (χ4n) is 4.37. The fourth-order valence-corrected chi connectivity index (χ4v) is 7.22. The average Bonchev–Trinajstić information content (AvgIpc) is 2.82. The average molecular weight is 485 g/mol. The SMILES string of the molecule is COc1cccc(C)c1P(c1cccc(C(C)(C)C)c1O)c1c(C)cccc1Oc1ccccc1. The van der Waals surface area contributed by atoms with Crippen molar-refractivity contribution in [1.29, 1.82) is 0 Å². The van der Waals surface area contributed by atoms with Crippen LogP contribution in [0.2, 0.25) is 0 Å². The largest absolute Gasteiger partial charge is 0.507 e. The molecule has 35 heavy (non-hydrogen) atoms. The number of ether oxygens (including phenoxy) is 2. The van der Waals surface area contributed by atoms with Crippen LogP contribution in [0.4, 0.5) is 0 Å². The summed E-state index contributed by atoms with van der Waals surface area (Å²) in [6.07, 6.45) is 0. The van der Waals surface area contributed by atoms with Crippen LogP contribution >= 0.6 is 7.92 Å². The van der Waals surface area contributed by atoms with Crippen molar-refractivity contribution >= 4 is 23.8 Å². The van der Waals surface area contributed by atoms with E-state index in [0.717, 1.165) is 49.9 Å². The molecule has 4 heteroatoms. The second-order valence-corrected chi connectivity index (χ2v) is 11.8. The van der Waals surface area contributed by atoms with Gasteiger partial charge in [0, 0.05) is 15.9 Å². The Morgan fingerprint density at radius 1 is 0.686 bits per heavy atom. The Hall–Kier alpha value is -3.29. The van der Waals surface area contributed by atoms with Gasteiger partial charge in [-0.2, -0.15) is 0 Å². The van der Waals surface area contributed by atoms with E-state index in [2.05, 4.69) is 46.8 Å². The first-order valence-corrected chi connectivity index (χ1v) is 13.1. The number of hydrogen-bond acceptors (Lipinski definition) is 3. The van der Waals surface area contributed by atoms with Crippen LogP contribution in [-0.4, -0.2) is 12.2 Å². The molecule has 3 nitrogen and oxygen atoms in total. The maximum atomic E-state index is 11.7. The summed E-state index contributed by atoms with van der Waals surface area (Å²) in [5.74, 6) is 2.71. The Labute approximate surface area is 210 Å². The number of aryl methyl sites for hydroxylation is 2. The third-order valence-corrected chi connectivity index (χ3v) is 8.99. The summed E-state index contributed by atoms with van der Waals surface area (Å²) in [4.78, 5) is 0. The van der Waals surface area contributed by atoms with Crippen LogP contribution < -0.4 is 25.4 Å². The summed E-state index contributed by atoms with van der Waals surface area (Å²) in [6.45, 7) is 10.6. The number of phenolic OH excluding ortho intramolecular Hbond substituents is 1. The van der Waals surface area contributed by atoms with Gasteiger partial charge in [0.1, 0.15) is 23.0 Å². The molecule has 4 aromatic carbocycles. The van der Waals surface area contributed by atoms with E-state index in [-0.39, 0.29) is 5.41 Å². The van der Waals surface area contributed by atoms with Gasteiger partial charge in [-0.05, 0) is 68.1 Å². The van der Waals surface area contributed by atoms with Crippen molar-refractivity contribution in [2.24, 2.45) is 0 Å². The van der Waals surface area contributed by atoms with Gasteiger partial charge in [-0.25, -0.2) is 0 Å². The Morgan fingerprint density at radius 2 is 1.26 bits per heavy atom. The molecule has 0 bridgehead atoms. The van der Waals surface area contributed by atoms with Gasteiger partial charge in [-0.3, -0.25) is 0 Å². The Balaban J connectivity index is 2.05. The van der Waals surface area contributed by atoms with Gasteiger partial charge in [0.15, 0.2) is 0 Å². The normalized spacial score (nSPS) is 12.3. The van der Waals surface area contributed by atoms with Gasteiger partial charge in [-0.15, -0.1) is 0 Å². The van der Waals surface area contributed by atoms with Crippen LogP contribution in [0, 0.1) is 13.8 Å². The predicted octanol–water partition coefficient (Wildman–Crippen LogP) is 6.87. The predicted molar refractivity (Wildman–Crippen MR) is 148 cm³/mol. The summed E-state index contributed by atoms with van der Waals surface area (Å²) >= 11 is 0. The summed E-state index contributed by atoms with van der Waals surface area (Å²) < 4.78 is 12.3. The zero-order valence-electron chi connectivity index (χ0n) is 21.3. The van der Waals surface area contributed by atoms with Crippen LogP contribution in [-0.2, 0) is 5.41 Å². The Kier molecular flexibility index (Phi) is 7.19. The van der Waals surface area contributed by atoms with Crippen LogP contribution in [0.5, 0.6) is 23.0 Å². The topological polar surface area (TPSA) is 38.7 Å². The molecule has 0 heterocycles. The van der Waals surface area contributed by atoms with Gasteiger partial charge in [0.25, 0.3) is 0 Å². The first kappa shape index (κ1) is 24.8. The minimum absolute atomic E-state index is 0.202. The first-order chi connectivity index (χ1) is 16.7. The zero-order valence-corrected chi connectivity index (χ0v) is 22.2. The van der Waals surface area contributed by atoms with Crippen molar-refractivity contribution in [3.8, 4) is 23.0 Å². The summed E-state index contributed by atoms with van der Waals surface area (Å²) in [5, 5.41) is 14.7. The van der Waals surface area contributed by atoms with Gasteiger partial charge < -0.3 is 14.6 Å². The van der Waals surface area contributed by atoms with E-state index < -0.39 is 7.92 Å². The molecule has 1 unspecified atom stereocenters. The quantitative estimate of drug-likeness (QED) is 0.304. The molecule has 1 N–H and O–H groups in total. The molecular weight excluding hydrogens is 451 g/mol. The lowest BCUT2D eigenvalue weighted by molar-refractivity contribution is 0.418. The molecule has 0 saturated carbocycles.